The molecule has 3 rings (SSSR count). The Kier molecular flexibility index (Phi) is 8.94. The van der Waals surface area contributed by atoms with Crippen LogP contribution in [0.1, 0.15) is 42.5 Å². The third-order valence-electron chi connectivity index (χ3n) is 5.08. The molecule has 3 N–H and O–H groups in total. The number of hydrogen-bond donors (Lipinski definition) is 3. The minimum absolute atomic E-state index is 0. The Balaban J connectivity index is 0.00000300. The number of fused-ring (bicyclic) bond motifs is 1. The molecule has 0 aliphatic carbocycles. The molecule has 0 atom stereocenters. The number of hydrogen-bond acceptors (Lipinski definition) is 3. The number of aryl methyl sites for hydroxylation is 2. The largest absolute Gasteiger partial charge is 0.361 e. The van der Waals surface area contributed by atoms with Crippen molar-refractivity contribution in [3.05, 3.63) is 47.2 Å². The lowest BCUT2D eigenvalue weighted by Crippen LogP contribution is -2.39. The summed E-state index contributed by atoms with van der Waals surface area (Å²) < 4.78 is 1.97. The van der Waals surface area contributed by atoms with E-state index in [-0.39, 0.29) is 24.0 Å². The van der Waals surface area contributed by atoms with Gasteiger partial charge in [0.05, 0.1) is 0 Å². The van der Waals surface area contributed by atoms with Crippen LogP contribution in [0.15, 0.2) is 29.4 Å². The standard InChI is InChI=1S/C21H31N7.HI/c1-5-6-11-22-21(25-14-19-27-26-16(3)28(19)4)23-12-10-17-13-24-20-15(2)8-7-9-18(17)20;/h7-9,13,24H,5-6,10-12,14H2,1-4H3,(H2,22,23,25);1H. The number of guanidine groups is 1. The minimum Gasteiger partial charge on any atom is -0.361 e. The summed E-state index contributed by atoms with van der Waals surface area (Å²) in [6, 6.07) is 6.43. The van der Waals surface area contributed by atoms with Gasteiger partial charge >= 0.3 is 0 Å². The first-order valence-electron chi connectivity index (χ1n) is 10.0. The van der Waals surface area contributed by atoms with Gasteiger partial charge in [-0.05, 0) is 37.8 Å². The first-order chi connectivity index (χ1) is 13.6. The summed E-state index contributed by atoms with van der Waals surface area (Å²) in [6.07, 6.45) is 5.31. The summed E-state index contributed by atoms with van der Waals surface area (Å²) in [7, 11) is 1.97. The van der Waals surface area contributed by atoms with Gasteiger partial charge in [0.15, 0.2) is 11.8 Å². The van der Waals surface area contributed by atoms with Crippen molar-refractivity contribution in [1.82, 2.24) is 30.4 Å². The quantitative estimate of drug-likeness (QED) is 0.188. The molecular weight excluding hydrogens is 477 g/mol. The fraction of sp³-hybridized carbons (Fsp3) is 0.476. The van der Waals surface area contributed by atoms with Crippen molar-refractivity contribution in [2.75, 3.05) is 13.1 Å². The number of para-hydroxylation sites is 1. The van der Waals surface area contributed by atoms with Gasteiger partial charge in [0.25, 0.3) is 0 Å². The van der Waals surface area contributed by atoms with Crippen molar-refractivity contribution in [2.45, 2.75) is 46.6 Å². The van der Waals surface area contributed by atoms with Crippen LogP contribution in [-0.2, 0) is 20.0 Å². The van der Waals surface area contributed by atoms with Gasteiger partial charge in [0.1, 0.15) is 12.4 Å². The molecule has 158 valence electrons. The SMILES string of the molecule is CCCCNC(=NCc1nnc(C)n1C)NCCc1c[nH]c2c(C)cccc12.I. The average molecular weight is 509 g/mol. The lowest BCUT2D eigenvalue weighted by Gasteiger charge is -2.12. The second kappa shape index (κ2) is 11.2. The van der Waals surface area contributed by atoms with E-state index < -0.39 is 0 Å². The molecule has 3 aromatic rings. The Bertz CT molecular complexity index is 942. The van der Waals surface area contributed by atoms with Crippen LogP contribution in [0.25, 0.3) is 10.9 Å². The molecule has 0 aliphatic rings. The van der Waals surface area contributed by atoms with Crippen molar-refractivity contribution < 1.29 is 0 Å². The average Bonchev–Trinajstić information content (AvgIpc) is 3.25. The van der Waals surface area contributed by atoms with E-state index >= 15 is 0 Å². The lowest BCUT2D eigenvalue weighted by molar-refractivity contribution is 0.714. The highest BCUT2D eigenvalue weighted by Crippen LogP contribution is 2.21. The van der Waals surface area contributed by atoms with Gasteiger partial charge in [0.2, 0.25) is 0 Å². The van der Waals surface area contributed by atoms with Crippen molar-refractivity contribution >= 4 is 40.8 Å². The number of H-pyrrole nitrogens is 1. The second-order valence-corrected chi connectivity index (χ2v) is 7.16. The van der Waals surface area contributed by atoms with Crippen LogP contribution in [0.4, 0.5) is 0 Å². The van der Waals surface area contributed by atoms with E-state index in [1.807, 2.05) is 18.5 Å². The Morgan fingerprint density at radius 1 is 1.17 bits per heavy atom. The van der Waals surface area contributed by atoms with Crippen molar-refractivity contribution in [3.63, 3.8) is 0 Å². The third kappa shape index (κ3) is 5.94. The topological polar surface area (TPSA) is 82.9 Å². The number of nitrogens with zero attached hydrogens (tertiary/aromatic N) is 4. The normalized spacial score (nSPS) is 11.5. The molecule has 0 bridgehead atoms. The fourth-order valence-corrected chi connectivity index (χ4v) is 3.18. The van der Waals surface area contributed by atoms with E-state index in [0.29, 0.717) is 6.54 Å². The van der Waals surface area contributed by atoms with Gasteiger partial charge in [-0.2, -0.15) is 0 Å². The first kappa shape index (κ1) is 23.2. The Morgan fingerprint density at radius 3 is 2.69 bits per heavy atom. The highest BCUT2D eigenvalue weighted by atomic mass is 127. The van der Waals surface area contributed by atoms with Crippen LogP contribution < -0.4 is 10.6 Å². The maximum atomic E-state index is 4.70. The molecule has 7 nitrogen and oxygen atoms in total. The zero-order chi connectivity index (χ0) is 19.9. The van der Waals surface area contributed by atoms with Gasteiger partial charge in [-0.1, -0.05) is 31.5 Å². The molecule has 0 spiro atoms. The molecule has 0 saturated carbocycles. The summed E-state index contributed by atoms with van der Waals surface area (Å²) in [5.41, 5.74) is 3.83. The molecule has 0 amide bonds. The van der Waals surface area contributed by atoms with Gasteiger partial charge in [-0.25, -0.2) is 4.99 Å². The van der Waals surface area contributed by atoms with E-state index in [0.717, 1.165) is 50.0 Å². The van der Waals surface area contributed by atoms with E-state index in [2.05, 4.69) is 64.1 Å². The van der Waals surface area contributed by atoms with Crippen LogP contribution in [-0.4, -0.2) is 38.8 Å². The van der Waals surface area contributed by atoms with Gasteiger partial charge < -0.3 is 20.2 Å². The lowest BCUT2D eigenvalue weighted by atomic mass is 10.1. The number of unbranched alkanes of at least 4 members (excludes halogenated alkanes) is 1. The van der Waals surface area contributed by atoms with Crippen molar-refractivity contribution in [1.29, 1.82) is 0 Å². The number of aromatic amines is 1. The number of aliphatic imine (C=N–C) groups is 1. The zero-order valence-electron chi connectivity index (χ0n) is 17.7. The molecule has 1 aromatic carbocycles. The smallest absolute Gasteiger partial charge is 0.191 e. The molecule has 8 heteroatoms. The maximum absolute atomic E-state index is 4.70. The highest BCUT2D eigenvalue weighted by Gasteiger charge is 2.07. The highest BCUT2D eigenvalue weighted by molar-refractivity contribution is 14.0. The molecular formula is C21H32IN7. The molecule has 0 saturated heterocycles. The second-order valence-electron chi connectivity index (χ2n) is 7.16. The molecule has 29 heavy (non-hydrogen) atoms. The Morgan fingerprint density at radius 2 is 1.97 bits per heavy atom. The minimum atomic E-state index is 0. The van der Waals surface area contributed by atoms with E-state index in [9.17, 15) is 0 Å². The predicted molar refractivity (Wildman–Crippen MR) is 130 cm³/mol. The Hall–Kier alpha value is -2.10. The molecule has 0 radical (unpaired) electrons. The maximum Gasteiger partial charge on any atom is 0.191 e. The molecule has 0 unspecified atom stereocenters. The fourth-order valence-electron chi connectivity index (χ4n) is 3.18. The molecule has 2 heterocycles. The molecule has 2 aromatic heterocycles. The third-order valence-corrected chi connectivity index (χ3v) is 5.08. The number of halogens is 1. The monoisotopic (exact) mass is 509 g/mol. The summed E-state index contributed by atoms with van der Waals surface area (Å²) >= 11 is 0. The van der Waals surface area contributed by atoms with E-state index in [1.54, 1.807) is 0 Å². The molecule has 0 fully saturated rings. The van der Waals surface area contributed by atoms with Gasteiger partial charge in [0, 0.05) is 37.2 Å². The number of benzene rings is 1. The molecule has 0 aliphatic heterocycles. The summed E-state index contributed by atoms with van der Waals surface area (Å²) in [5.74, 6) is 2.58. The summed E-state index contributed by atoms with van der Waals surface area (Å²) in [5, 5.41) is 16.5. The van der Waals surface area contributed by atoms with Crippen LogP contribution in [0.2, 0.25) is 0 Å². The first-order valence-corrected chi connectivity index (χ1v) is 10.0. The number of rotatable bonds is 8. The number of nitrogens with one attached hydrogen (secondary N) is 3. The van der Waals surface area contributed by atoms with Crippen LogP contribution >= 0.6 is 24.0 Å². The van der Waals surface area contributed by atoms with Gasteiger partial charge in [-0.3, -0.25) is 0 Å². The van der Waals surface area contributed by atoms with Gasteiger partial charge in [-0.15, -0.1) is 34.2 Å². The zero-order valence-corrected chi connectivity index (χ0v) is 20.1. The Labute approximate surface area is 189 Å². The van der Waals surface area contributed by atoms with Crippen LogP contribution in [0.5, 0.6) is 0 Å². The number of aromatic nitrogens is 4. The van der Waals surface area contributed by atoms with Crippen molar-refractivity contribution in [3.8, 4) is 0 Å². The van der Waals surface area contributed by atoms with E-state index in [1.165, 1.54) is 22.0 Å². The van der Waals surface area contributed by atoms with E-state index in [4.69, 9.17) is 4.99 Å². The summed E-state index contributed by atoms with van der Waals surface area (Å²) in [4.78, 5) is 8.10. The van der Waals surface area contributed by atoms with Crippen LogP contribution in [0, 0.1) is 13.8 Å². The van der Waals surface area contributed by atoms with Crippen molar-refractivity contribution in [2.24, 2.45) is 12.0 Å². The summed E-state index contributed by atoms with van der Waals surface area (Å²) in [6.45, 7) is 8.50. The van der Waals surface area contributed by atoms with Crippen LogP contribution in [0.3, 0.4) is 0 Å². The predicted octanol–water partition coefficient (Wildman–Crippen LogP) is 3.61.